The standard InChI is InChI=1S/C14H15FN2O2/c1-18-13-9-14(12(16)8-11(13)15)19-7-5-10-4-2-3-6-17-10/h2-4,6,8-9H,5,7,16H2,1H3. The van der Waals surface area contributed by atoms with Crippen molar-refractivity contribution in [3.05, 3.63) is 48.0 Å². The van der Waals surface area contributed by atoms with Gasteiger partial charge in [-0.3, -0.25) is 4.98 Å². The number of rotatable bonds is 5. The lowest BCUT2D eigenvalue weighted by molar-refractivity contribution is 0.317. The number of aromatic nitrogens is 1. The fourth-order valence-corrected chi connectivity index (χ4v) is 1.64. The summed E-state index contributed by atoms with van der Waals surface area (Å²) in [5, 5.41) is 0. The summed E-state index contributed by atoms with van der Waals surface area (Å²) in [5.74, 6) is 0.0216. The molecule has 0 aliphatic heterocycles. The van der Waals surface area contributed by atoms with E-state index in [1.165, 1.54) is 19.2 Å². The van der Waals surface area contributed by atoms with Crippen molar-refractivity contribution in [3.8, 4) is 11.5 Å². The first-order valence-corrected chi connectivity index (χ1v) is 5.86. The number of methoxy groups -OCH3 is 1. The Morgan fingerprint density at radius 1 is 1.26 bits per heavy atom. The Morgan fingerprint density at radius 2 is 2.11 bits per heavy atom. The van der Waals surface area contributed by atoms with Gasteiger partial charge in [0.1, 0.15) is 5.75 Å². The lowest BCUT2D eigenvalue weighted by Crippen LogP contribution is -2.05. The van der Waals surface area contributed by atoms with Crippen LogP contribution in [-0.4, -0.2) is 18.7 Å². The van der Waals surface area contributed by atoms with Crippen molar-refractivity contribution in [2.24, 2.45) is 0 Å². The molecule has 0 saturated heterocycles. The van der Waals surface area contributed by atoms with Crippen molar-refractivity contribution in [1.29, 1.82) is 0 Å². The van der Waals surface area contributed by atoms with Gasteiger partial charge in [0, 0.05) is 30.4 Å². The molecule has 0 atom stereocenters. The van der Waals surface area contributed by atoms with Crippen LogP contribution >= 0.6 is 0 Å². The number of halogens is 1. The Morgan fingerprint density at radius 3 is 2.79 bits per heavy atom. The van der Waals surface area contributed by atoms with Crippen molar-refractivity contribution in [2.45, 2.75) is 6.42 Å². The predicted molar refractivity (Wildman–Crippen MR) is 70.8 cm³/mol. The molecule has 2 aromatic rings. The summed E-state index contributed by atoms with van der Waals surface area (Å²) in [4.78, 5) is 4.18. The monoisotopic (exact) mass is 262 g/mol. The first-order chi connectivity index (χ1) is 9.20. The largest absolute Gasteiger partial charge is 0.494 e. The van der Waals surface area contributed by atoms with Crippen molar-refractivity contribution < 1.29 is 13.9 Å². The van der Waals surface area contributed by atoms with E-state index in [9.17, 15) is 4.39 Å². The van der Waals surface area contributed by atoms with Crippen LogP contribution in [0, 0.1) is 5.82 Å². The predicted octanol–water partition coefficient (Wildman–Crippen LogP) is 2.43. The van der Waals surface area contributed by atoms with Gasteiger partial charge in [-0.2, -0.15) is 0 Å². The molecule has 100 valence electrons. The third kappa shape index (κ3) is 3.34. The normalized spacial score (nSPS) is 10.2. The van der Waals surface area contributed by atoms with Gasteiger partial charge in [0.2, 0.25) is 0 Å². The third-order valence-electron chi connectivity index (χ3n) is 2.63. The van der Waals surface area contributed by atoms with Gasteiger partial charge in [0.05, 0.1) is 19.4 Å². The van der Waals surface area contributed by atoms with Crippen LogP contribution in [0.1, 0.15) is 5.69 Å². The number of nitrogens with zero attached hydrogens (tertiary/aromatic N) is 1. The van der Waals surface area contributed by atoms with Crippen LogP contribution in [0.5, 0.6) is 11.5 Å². The lowest BCUT2D eigenvalue weighted by atomic mass is 10.2. The summed E-state index contributed by atoms with van der Waals surface area (Å²) in [6.07, 6.45) is 2.38. The number of hydrogen-bond acceptors (Lipinski definition) is 4. The highest BCUT2D eigenvalue weighted by atomic mass is 19.1. The van der Waals surface area contributed by atoms with Crippen LogP contribution in [0.15, 0.2) is 36.5 Å². The molecule has 0 spiro atoms. The van der Waals surface area contributed by atoms with Crippen LogP contribution in [0.3, 0.4) is 0 Å². The highest BCUT2D eigenvalue weighted by Gasteiger charge is 2.09. The van der Waals surface area contributed by atoms with E-state index in [0.29, 0.717) is 18.8 Å². The Hall–Kier alpha value is -2.30. The highest BCUT2D eigenvalue weighted by Crippen LogP contribution is 2.29. The molecule has 0 unspecified atom stereocenters. The van der Waals surface area contributed by atoms with Gasteiger partial charge < -0.3 is 15.2 Å². The molecule has 0 aliphatic rings. The molecule has 4 nitrogen and oxygen atoms in total. The first kappa shape index (κ1) is 13.1. The smallest absolute Gasteiger partial charge is 0.167 e. The average Bonchev–Trinajstić information content (AvgIpc) is 2.42. The van der Waals surface area contributed by atoms with Gasteiger partial charge in [0.15, 0.2) is 11.6 Å². The van der Waals surface area contributed by atoms with Crippen LogP contribution in [0.25, 0.3) is 0 Å². The summed E-state index contributed by atoms with van der Waals surface area (Å²) < 4.78 is 23.8. The minimum Gasteiger partial charge on any atom is -0.494 e. The number of pyridine rings is 1. The van der Waals surface area contributed by atoms with Crippen molar-refractivity contribution in [3.63, 3.8) is 0 Å². The molecule has 0 bridgehead atoms. The number of benzene rings is 1. The van der Waals surface area contributed by atoms with E-state index in [4.69, 9.17) is 15.2 Å². The van der Waals surface area contributed by atoms with E-state index in [-0.39, 0.29) is 11.4 Å². The number of ether oxygens (including phenoxy) is 2. The molecule has 1 aromatic heterocycles. The zero-order chi connectivity index (χ0) is 13.7. The topological polar surface area (TPSA) is 57.4 Å². The lowest BCUT2D eigenvalue weighted by Gasteiger charge is -2.11. The van der Waals surface area contributed by atoms with Gasteiger partial charge in [-0.25, -0.2) is 4.39 Å². The van der Waals surface area contributed by atoms with E-state index < -0.39 is 5.82 Å². The van der Waals surface area contributed by atoms with E-state index >= 15 is 0 Å². The fraction of sp³-hybridized carbons (Fsp3) is 0.214. The molecule has 0 fully saturated rings. The Balaban J connectivity index is 2.00. The summed E-state index contributed by atoms with van der Waals surface area (Å²) in [5.41, 5.74) is 6.86. The zero-order valence-corrected chi connectivity index (χ0v) is 10.6. The highest BCUT2D eigenvalue weighted by molar-refractivity contribution is 5.56. The zero-order valence-electron chi connectivity index (χ0n) is 10.6. The minimum atomic E-state index is -0.503. The molecule has 2 N–H and O–H groups in total. The molecular weight excluding hydrogens is 247 g/mol. The molecule has 2 rings (SSSR count). The Labute approximate surface area is 111 Å². The van der Waals surface area contributed by atoms with Gasteiger partial charge in [-0.15, -0.1) is 0 Å². The maximum Gasteiger partial charge on any atom is 0.167 e. The van der Waals surface area contributed by atoms with E-state index in [2.05, 4.69) is 4.98 Å². The minimum absolute atomic E-state index is 0.113. The van der Waals surface area contributed by atoms with Crippen LogP contribution in [-0.2, 0) is 6.42 Å². The molecule has 0 aliphatic carbocycles. The number of anilines is 1. The molecule has 5 heteroatoms. The summed E-state index contributed by atoms with van der Waals surface area (Å²) in [6.45, 7) is 0.413. The second kappa shape index (κ2) is 6.04. The summed E-state index contributed by atoms with van der Waals surface area (Å²) >= 11 is 0. The Bertz CT molecular complexity index is 547. The number of nitrogens with two attached hydrogens (primary N) is 1. The van der Waals surface area contributed by atoms with Crippen LogP contribution < -0.4 is 15.2 Å². The van der Waals surface area contributed by atoms with Gasteiger partial charge in [0.25, 0.3) is 0 Å². The first-order valence-electron chi connectivity index (χ1n) is 5.86. The molecule has 0 saturated carbocycles. The molecular formula is C14H15FN2O2. The molecule has 1 heterocycles. The Kier molecular flexibility index (Phi) is 4.18. The van der Waals surface area contributed by atoms with Gasteiger partial charge in [-0.1, -0.05) is 6.07 Å². The quantitative estimate of drug-likeness (QED) is 0.841. The van der Waals surface area contributed by atoms with E-state index in [0.717, 1.165) is 5.69 Å². The molecule has 0 amide bonds. The van der Waals surface area contributed by atoms with Crippen molar-refractivity contribution in [1.82, 2.24) is 4.98 Å². The second-order valence-corrected chi connectivity index (χ2v) is 3.94. The van der Waals surface area contributed by atoms with Crippen LogP contribution in [0.4, 0.5) is 10.1 Å². The van der Waals surface area contributed by atoms with Crippen molar-refractivity contribution in [2.75, 3.05) is 19.5 Å². The third-order valence-corrected chi connectivity index (χ3v) is 2.63. The second-order valence-electron chi connectivity index (χ2n) is 3.94. The number of hydrogen-bond donors (Lipinski definition) is 1. The van der Waals surface area contributed by atoms with Gasteiger partial charge in [-0.05, 0) is 12.1 Å². The van der Waals surface area contributed by atoms with E-state index in [1.54, 1.807) is 6.20 Å². The average molecular weight is 262 g/mol. The van der Waals surface area contributed by atoms with Crippen molar-refractivity contribution >= 4 is 5.69 Å². The van der Waals surface area contributed by atoms with Gasteiger partial charge >= 0.3 is 0 Å². The molecule has 1 aromatic carbocycles. The number of nitrogen functional groups attached to an aromatic ring is 1. The van der Waals surface area contributed by atoms with Crippen LogP contribution in [0.2, 0.25) is 0 Å². The van der Waals surface area contributed by atoms with E-state index in [1.807, 2.05) is 18.2 Å². The maximum atomic E-state index is 13.3. The maximum absolute atomic E-state index is 13.3. The molecule has 0 radical (unpaired) electrons. The summed E-state index contributed by atoms with van der Waals surface area (Å²) in [7, 11) is 1.40. The SMILES string of the molecule is COc1cc(OCCc2ccccn2)c(N)cc1F. The summed E-state index contributed by atoms with van der Waals surface area (Å²) in [6, 6.07) is 8.32. The molecule has 19 heavy (non-hydrogen) atoms. The fourth-order valence-electron chi connectivity index (χ4n) is 1.64.